The fraction of sp³-hybridized carbons (Fsp3) is 0.700. The summed E-state index contributed by atoms with van der Waals surface area (Å²) in [5.74, 6) is 0.909. The van der Waals surface area contributed by atoms with E-state index in [4.69, 9.17) is 9.47 Å². The molecule has 1 N–H and O–H groups in total. The van der Waals surface area contributed by atoms with Crippen molar-refractivity contribution < 1.29 is 14.6 Å². The first-order valence-electron chi connectivity index (χ1n) is 9.61. The molecule has 2 heterocycles. The Morgan fingerprint density at radius 1 is 1.20 bits per heavy atom. The number of rotatable bonds is 8. The molecule has 25 heavy (non-hydrogen) atoms. The smallest absolute Gasteiger partial charge is 0.119 e. The van der Waals surface area contributed by atoms with Gasteiger partial charge in [0, 0.05) is 25.7 Å². The van der Waals surface area contributed by atoms with Gasteiger partial charge in [-0.15, -0.1) is 0 Å². The number of aliphatic hydroxyl groups is 1. The Kier molecular flexibility index (Phi) is 7.11. The average molecular weight is 348 g/mol. The summed E-state index contributed by atoms with van der Waals surface area (Å²) in [4.78, 5) is 4.81. The molecule has 5 heteroatoms. The van der Waals surface area contributed by atoms with Gasteiger partial charge in [-0.1, -0.05) is 12.1 Å². The van der Waals surface area contributed by atoms with Crippen molar-refractivity contribution in [2.45, 2.75) is 44.4 Å². The Bertz CT molecular complexity index is 494. The predicted octanol–water partition coefficient (Wildman–Crippen LogP) is 2.13. The van der Waals surface area contributed by atoms with Crippen molar-refractivity contribution in [3.63, 3.8) is 0 Å². The van der Waals surface area contributed by atoms with Crippen molar-refractivity contribution in [2.24, 2.45) is 0 Å². The summed E-state index contributed by atoms with van der Waals surface area (Å²) in [7, 11) is 2.18. The van der Waals surface area contributed by atoms with Crippen LogP contribution >= 0.6 is 0 Å². The van der Waals surface area contributed by atoms with Gasteiger partial charge in [-0.05, 0) is 63.5 Å². The number of aliphatic hydroxyl groups excluding tert-OH is 1. The van der Waals surface area contributed by atoms with E-state index in [2.05, 4.69) is 41.1 Å². The van der Waals surface area contributed by atoms with Crippen molar-refractivity contribution in [3.05, 3.63) is 29.8 Å². The molecule has 0 aromatic heterocycles. The normalized spacial score (nSPS) is 22.6. The van der Waals surface area contributed by atoms with E-state index in [1.54, 1.807) is 0 Å². The largest absolute Gasteiger partial charge is 0.491 e. The highest BCUT2D eigenvalue weighted by atomic mass is 16.5. The van der Waals surface area contributed by atoms with Crippen molar-refractivity contribution in [1.82, 2.24) is 9.80 Å². The summed E-state index contributed by atoms with van der Waals surface area (Å²) in [6, 6.07) is 8.96. The molecule has 0 saturated carbocycles. The number of ether oxygens (including phenoxy) is 2. The number of piperidine rings is 1. The lowest BCUT2D eigenvalue weighted by Gasteiger charge is -2.37. The summed E-state index contributed by atoms with van der Waals surface area (Å²) in [6.07, 6.45) is 4.86. The second-order valence-electron chi connectivity index (χ2n) is 7.32. The lowest BCUT2D eigenvalue weighted by atomic mass is 10.0. The van der Waals surface area contributed by atoms with Crippen LogP contribution in [0.4, 0.5) is 0 Å². The van der Waals surface area contributed by atoms with Gasteiger partial charge < -0.3 is 19.5 Å². The van der Waals surface area contributed by atoms with Crippen LogP contribution in [0.1, 0.15) is 31.2 Å². The van der Waals surface area contributed by atoms with Gasteiger partial charge in [0.05, 0.1) is 12.7 Å². The van der Waals surface area contributed by atoms with Gasteiger partial charge in [0.15, 0.2) is 0 Å². The van der Waals surface area contributed by atoms with Crippen LogP contribution in [0.3, 0.4) is 0 Å². The number of hydrogen-bond acceptors (Lipinski definition) is 5. The lowest BCUT2D eigenvalue weighted by molar-refractivity contribution is 0.0679. The van der Waals surface area contributed by atoms with E-state index in [0.717, 1.165) is 51.4 Å². The van der Waals surface area contributed by atoms with Crippen LogP contribution in [0.5, 0.6) is 5.75 Å². The van der Waals surface area contributed by atoms with Crippen LogP contribution in [0.2, 0.25) is 0 Å². The maximum atomic E-state index is 9.43. The Balaban J connectivity index is 1.51. The maximum absolute atomic E-state index is 9.43. The van der Waals surface area contributed by atoms with Gasteiger partial charge >= 0.3 is 0 Å². The van der Waals surface area contributed by atoms with E-state index in [9.17, 15) is 5.11 Å². The monoisotopic (exact) mass is 348 g/mol. The summed E-state index contributed by atoms with van der Waals surface area (Å²) in [6.45, 7) is 5.64. The highest BCUT2D eigenvalue weighted by Crippen LogP contribution is 2.20. The van der Waals surface area contributed by atoms with E-state index < -0.39 is 0 Å². The van der Waals surface area contributed by atoms with Gasteiger partial charge in [0.25, 0.3) is 0 Å². The van der Waals surface area contributed by atoms with Gasteiger partial charge in [-0.3, -0.25) is 4.90 Å². The molecule has 0 radical (unpaired) electrons. The molecule has 1 aromatic carbocycles. The Morgan fingerprint density at radius 3 is 2.60 bits per heavy atom. The van der Waals surface area contributed by atoms with Crippen molar-refractivity contribution in [2.75, 3.05) is 46.5 Å². The zero-order chi connectivity index (χ0) is 17.5. The van der Waals surface area contributed by atoms with Crippen LogP contribution < -0.4 is 4.74 Å². The molecule has 140 valence electrons. The van der Waals surface area contributed by atoms with E-state index in [-0.39, 0.29) is 12.7 Å². The minimum Gasteiger partial charge on any atom is -0.491 e. The fourth-order valence-corrected chi connectivity index (χ4v) is 3.77. The van der Waals surface area contributed by atoms with Gasteiger partial charge in [-0.25, -0.2) is 0 Å². The zero-order valence-electron chi connectivity index (χ0n) is 15.4. The molecule has 5 nitrogen and oxygen atoms in total. The molecule has 2 fully saturated rings. The summed E-state index contributed by atoms with van der Waals surface area (Å²) >= 11 is 0. The quantitative estimate of drug-likeness (QED) is 0.780. The van der Waals surface area contributed by atoms with E-state index in [1.165, 1.54) is 18.4 Å². The lowest BCUT2D eigenvalue weighted by Crippen LogP contribution is -2.44. The average Bonchev–Trinajstić information content (AvgIpc) is 3.15. The van der Waals surface area contributed by atoms with Crippen LogP contribution in [0.25, 0.3) is 0 Å². The zero-order valence-corrected chi connectivity index (χ0v) is 15.4. The molecule has 2 aliphatic rings. The number of nitrogens with zero attached hydrogens (tertiary/aromatic N) is 2. The summed E-state index contributed by atoms with van der Waals surface area (Å²) in [5, 5.41) is 9.43. The topological polar surface area (TPSA) is 45.2 Å². The molecule has 0 amide bonds. The molecular formula is C20H32N2O3. The minimum absolute atomic E-state index is 0.217. The highest BCUT2D eigenvalue weighted by Gasteiger charge is 2.23. The van der Waals surface area contributed by atoms with Crippen LogP contribution in [-0.4, -0.2) is 73.6 Å². The molecule has 2 aliphatic heterocycles. The van der Waals surface area contributed by atoms with Crippen LogP contribution in [-0.2, 0) is 11.3 Å². The highest BCUT2D eigenvalue weighted by molar-refractivity contribution is 5.27. The predicted molar refractivity (Wildman–Crippen MR) is 98.9 cm³/mol. The molecule has 0 bridgehead atoms. The molecule has 2 saturated heterocycles. The molecule has 3 rings (SSSR count). The van der Waals surface area contributed by atoms with Gasteiger partial charge in [-0.2, -0.15) is 0 Å². The van der Waals surface area contributed by atoms with E-state index >= 15 is 0 Å². The summed E-state index contributed by atoms with van der Waals surface area (Å²) < 4.78 is 11.4. The van der Waals surface area contributed by atoms with E-state index in [1.807, 2.05) is 0 Å². The van der Waals surface area contributed by atoms with Gasteiger partial charge in [0.2, 0.25) is 0 Å². The van der Waals surface area contributed by atoms with Crippen molar-refractivity contribution in [1.29, 1.82) is 0 Å². The number of benzene rings is 1. The van der Waals surface area contributed by atoms with Gasteiger partial charge in [0.1, 0.15) is 12.4 Å². The fourth-order valence-electron chi connectivity index (χ4n) is 3.77. The SMILES string of the molecule is CN1CCC(N(CCO)Cc2ccc(OCC3CCCO3)cc2)CC1. The summed E-state index contributed by atoms with van der Waals surface area (Å²) in [5.41, 5.74) is 1.27. The van der Waals surface area contributed by atoms with Crippen molar-refractivity contribution in [3.8, 4) is 5.75 Å². The Hall–Kier alpha value is -1.14. The van der Waals surface area contributed by atoms with Crippen LogP contribution in [0, 0.1) is 0 Å². The molecule has 1 unspecified atom stereocenters. The van der Waals surface area contributed by atoms with Crippen LogP contribution in [0.15, 0.2) is 24.3 Å². The van der Waals surface area contributed by atoms with Crippen molar-refractivity contribution >= 4 is 0 Å². The molecule has 1 aromatic rings. The van der Waals surface area contributed by atoms with E-state index in [0.29, 0.717) is 12.6 Å². The third-order valence-corrected chi connectivity index (χ3v) is 5.36. The first kappa shape index (κ1) is 18.6. The Labute approximate surface area is 151 Å². The first-order valence-corrected chi connectivity index (χ1v) is 9.61. The number of hydrogen-bond donors (Lipinski definition) is 1. The molecule has 0 aliphatic carbocycles. The first-order chi connectivity index (χ1) is 12.2. The Morgan fingerprint density at radius 2 is 1.96 bits per heavy atom. The second kappa shape index (κ2) is 9.53. The second-order valence-corrected chi connectivity index (χ2v) is 7.32. The number of likely N-dealkylation sites (tertiary alicyclic amines) is 1. The maximum Gasteiger partial charge on any atom is 0.119 e. The third kappa shape index (κ3) is 5.68. The standard InChI is InChI=1S/C20H32N2O3/c1-21-10-8-18(9-11-21)22(12-13-23)15-17-4-6-19(7-5-17)25-16-20-3-2-14-24-20/h4-7,18,20,23H,2-3,8-16H2,1H3. The molecular weight excluding hydrogens is 316 g/mol. The third-order valence-electron chi connectivity index (χ3n) is 5.36. The molecule has 0 spiro atoms. The minimum atomic E-state index is 0.217. The molecule has 1 atom stereocenters.